The van der Waals surface area contributed by atoms with Crippen molar-refractivity contribution in [3.63, 3.8) is 0 Å². The molecule has 0 heterocycles. The number of carbonyl (C=O) groups is 1. The largest absolute Gasteiger partial charge is 0.494 e. The van der Waals surface area contributed by atoms with Crippen molar-refractivity contribution in [1.82, 2.24) is 5.32 Å². The molecule has 6 heteroatoms. The number of methoxy groups -OCH3 is 1. The molecule has 3 rings (SSSR count). The van der Waals surface area contributed by atoms with Crippen LogP contribution in [0.5, 0.6) is 11.5 Å². The lowest BCUT2D eigenvalue weighted by atomic mass is 9.87. The molecular formula is C22H27FN2O3. The van der Waals surface area contributed by atoms with E-state index in [9.17, 15) is 9.18 Å². The van der Waals surface area contributed by atoms with Crippen molar-refractivity contribution < 1.29 is 18.7 Å². The predicted octanol–water partition coefficient (Wildman–Crippen LogP) is 3.26. The lowest BCUT2D eigenvalue weighted by molar-refractivity contribution is -0.119. The minimum Gasteiger partial charge on any atom is -0.494 e. The fourth-order valence-corrected chi connectivity index (χ4v) is 3.53. The van der Waals surface area contributed by atoms with E-state index in [0.29, 0.717) is 13.2 Å². The molecule has 3 N–H and O–H groups in total. The third-order valence-corrected chi connectivity index (χ3v) is 5.22. The van der Waals surface area contributed by atoms with Gasteiger partial charge in [-0.25, -0.2) is 4.39 Å². The van der Waals surface area contributed by atoms with Crippen LogP contribution in [-0.4, -0.2) is 19.1 Å². The lowest BCUT2D eigenvalue weighted by Crippen LogP contribution is -2.38. The number of hydrogen-bond donors (Lipinski definition) is 2. The van der Waals surface area contributed by atoms with Gasteiger partial charge in [0.25, 0.3) is 0 Å². The molecule has 1 atom stereocenters. The Morgan fingerprint density at radius 1 is 1.18 bits per heavy atom. The zero-order chi connectivity index (χ0) is 20.1. The van der Waals surface area contributed by atoms with Gasteiger partial charge < -0.3 is 20.5 Å². The summed E-state index contributed by atoms with van der Waals surface area (Å²) in [6, 6.07) is 8.48. The summed E-state index contributed by atoms with van der Waals surface area (Å²) in [4.78, 5) is 11.3. The lowest BCUT2D eigenvalue weighted by Gasteiger charge is -2.23. The minimum absolute atomic E-state index is 0.225. The van der Waals surface area contributed by atoms with E-state index in [-0.39, 0.29) is 17.7 Å². The topological polar surface area (TPSA) is 73.6 Å². The monoisotopic (exact) mass is 386 g/mol. The maximum absolute atomic E-state index is 13.9. The van der Waals surface area contributed by atoms with Gasteiger partial charge in [0.2, 0.25) is 5.91 Å². The van der Waals surface area contributed by atoms with Crippen LogP contribution in [0, 0.1) is 5.82 Å². The molecule has 1 amide bonds. The van der Waals surface area contributed by atoms with Crippen molar-refractivity contribution >= 4 is 5.91 Å². The molecule has 1 aliphatic carbocycles. The molecule has 2 aromatic carbocycles. The number of carbonyl (C=O) groups excluding carboxylic acids is 1. The number of fused-ring (bicyclic) bond motifs is 1. The molecule has 0 fully saturated rings. The number of halogens is 1. The third-order valence-electron chi connectivity index (χ3n) is 5.22. The number of hydrogen-bond acceptors (Lipinski definition) is 4. The van der Waals surface area contributed by atoms with Gasteiger partial charge in [-0.15, -0.1) is 0 Å². The van der Waals surface area contributed by atoms with Crippen molar-refractivity contribution in [3.8, 4) is 11.5 Å². The Hall–Kier alpha value is -2.60. The summed E-state index contributed by atoms with van der Waals surface area (Å²) in [6.45, 7) is 2.65. The van der Waals surface area contributed by atoms with Gasteiger partial charge in [0.15, 0.2) is 11.6 Å². The van der Waals surface area contributed by atoms with E-state index in [1.54, 1.807) is 19.1 Å². The SMILES string of the molecule is COc1ccc(COc2ccc(CN[C@@H](C)C(N)=O)c3c2CCCC3)cc1F. The maximum atomic E-state index is 13.9. The van der Waals surface area contributed by atoms with Crippen LogP contribution in [0.3, 0.4) is 0 Å². The molecule has 0 bridgehead atoms. The minimum atomic E-state index is -0.393. The van der Waals surface area contributed by atoms with E-state index in [1.807, 2.05) is 12.1 Å². The smallest absolute Gasteiger partial charge is 0.234 e. The second-order valence-corrected chi connectivity index (χ2v) is 7.15. The highest BCUT2D eigenvalue weighted by Gasteiger charge is 2.19. The first-order chi connectivity index (χ1) is 13.5. The van der Waals surface area contributed by atoms with Gasteiger partial charge in [-0.2, -0.15) is 0 Å². The number of ether oxygens (including phenoxy) is 2. The first-order valence-corrected chi connectivity index (χ1v) is 9.61. The summed E-state index contributed by atoms with van der Waals surface area (Å²) >= 11 is 0. The Morgan fingerprint density at radius 2 is 1.89 bits per heavy atom. The first kappa shape index (κ1) is 20.1. The van der Waals surface area contributed by atoms with E-state index >= 15 is 0 Å². The van der Waals surface area contributed by atoms with E-state index in [2.05, 4.69) is 5.32 Å². The number of primary amides is 1. The van der Waals surface area contributed by atoms with E-state index in [1.165, 1.54) is 29.9 Å². The zero-order valence-corrected chi connectivity index (χ0v) is 16.4. The average Bonchev–Trinajstić information content (AvgIpc) is 2.70. The van der Waals surface area contributed by atoms with E-state index in [4.69, 9.17) is 15.2 Å². The molecule has 0 aromatic heterocycles. The van der Waals surface area contributed by atoms with Crippen molar-refractivity contribution in [1.29, 1.82) is 0 Å². The van der Waals surface area contributed by atoms with Crippen molar-refractivity contribution in [2.24, 2.45) is 5.73 Å². The molecule has 150 valence electrons. The number of rotatable bonds is 8. The average molecular weight is 386 g/mol. The molecule has 0 radical (unpaired) electrons. The van der Waals surface area contributed by atoms with Gasteiger partial charge >= 0.3 is 0 Å². The third kappa shape index (κ3) is 4.62. The molecule has 1 aliphatic rings. The highest BCUT2D eigenvalue weighted by atomic mass is 19.1. The highest BCUT2D eigenvalue weighted by Crippen LogP contribution is 2.33. The van der Waals surface area contributed by atoms with Crippen molar-refractivity contribution in [2.45, 2.75) is 51.8 Å². The molecule has 0 unspecified atom stereocenters. The van der Waals surface area contributed by atoms with Crippen LogP contribution >= 0.6 is 0 Å². The first-order valence-electron chi connectivity index (χ1n) is 9.61. The summed E-state index contributed by atoms with van der Waals surface area (Å²) in [5.74, 6) is 0.317. The van der Waals surface area contributed by atoms with E-state index < -0.39 is 5.82 Å². The Morgan fingerprint density at radius 3 is 2.57 bits per heavy atom. The van der Waals surface area contributed by atoms with Gasteiger partial charge in [-0.05, 0) is 73.1 Å². The van der Waals surface area contributed by atoms with Crippen LogP contribution in [-0.2, 0) is 30.8 Å². The van der Waals surface area contributed by atoms with Crippen LogP contribution in [0.25, 0.3) is 0 Å². The summed E-state index contributed by atoms with van der Waals surface area (Å²) in [7, 11) is 1.45. The van der Waals surface area contributed by atoms with Gasteiger partial charge in [0, 0.05) is 6.54 Å². The standard InChI is InChI=1S/C22H27FN2O3/c1-14(22(24)26)25-12-16-8-10-20(18-6-4-3-5-17(16)18)28-13-15-7-9-21(27-2)19(23)11-15/h7-11,14,25H,3-6,12-13H2,1-2H3,(H2,24,26)/t14-/m0/s1. The normalized spacial score (nSPS) is 14.2. The summed E-state index contributed by atoms with van der Waals surface area (Å²) in [6.07, 6.45) is 4.21. The van der Waals surface area contributed by atoms with Gasteiger partial charge in [0.05, 0.1) is 13.2 Å². The quantitative estimate of drug-likeness (QED) is 0.730. The second kappa shape index (κ2) is 9.06. The summed E-state index contributed by atoms with van der Waals surface area (Å²) < 4.78 is 24.9. The summed E-state index contributed by atoms with van der Waals surface area (Å²) in [5.41, 5.74) is 9.76. The molecule has 5 nitrogen and oxygen atoms in total. The zero-order valence-electron chi connectivity index (χ0n) is 16.4. The molecular weight excluding hydrogens is 359 g/mol. The molecule has 0 spiro atoms. The van der Waals surface area contributed by atoms with Gasteiger partial charge in [0.1, 0.15) is 12.4 Å². The molecule has 0 saturated carbocycles. The Labute approximate surface area is 165 Å². The second-order valence-electron chi connectivity index (χ2n) is 7.15. The fourth-order valence-electron chi connectivity index (χ4n) is 3.53. The van der Waals surface area contributed by atoms with Crippen LogP contribution in [0.2, 0.25) is 0 Å². The Bertz CT molecular complexity index is 854. The number of benzene rings is 2. The number of amides is 1. The molecule has 0 saturated heterocycles. The molecule has 28 heavy (non-hydrogen) atoms. The van der Waals surface area contributed by atoms with E-state index in [0.717, 1.165) is 37.0 Å². The number of nitrogens with two attached hydrogens (primary N) is 1. The Kier molecular flexibility index (Phi) is 6.52. The van der Waals surface area contributed by atoms with Crippen LogP contribution < -0.4 is 20.5 Å². The Balaban J connectivity index is 1.75. The number of nitrogens with one attached hydrogen (secondary N) is 1. The van der Waals surface area contributed by atoms with Gasteiger partial charge in [-0.3, -0.25) is 4.79 Å². The van der Waals surface area contributed by atoms with Crippen LogP contribution in [0.15, 0.2) is 30.3 Å². The van der Waals surface area contributed by atoms with Crippen molar-refractivity contribution in [3.05, 3.63) is 58.4 Å². The van der Waals surface area contributed by atoms with Crippen LogP contribution in [0.4, 0.5) is 4.39 Å². The summed E-state index contributed by atoms with van der Waals surface area (Å²) in [5, 5.41) is 3.17. The molecule has 0 aliphatic heterocycles. The predicted molar refractivity (Wildman–Crippen MR) is 106 cm³/mol. The fraction of sp³-hybridized carbons (Fsp3) is 0.409. The van der Waals surface area contributed by atoms with Gasteiger partial charge in [-0.1, -0.05) is 12.1 Å². The van der Waals surface area contributed by atoms with Crippen molar-refractivity contribution in [2.75, 3.05) is 7.11 Å². The molecule has 2 aromatic rings. The maximum Gasteiger partial charge on any atom is 0.234 e. The van der Waals surface area contributed by atoms with Crippen LogP contribution in [0.1, 0.15) is 42.0 Å². The highest BCUT2D eigenvalue weighted by molar-refractivity contribution is 5.79.